The molecule has 0 saturated carbocycles. The van der Waals surface area contributed by atoms with Gasteiger partial charge in [0.2, 0.25) is 0 Å². The number of hydrogen-bond acceptors (Lipinski definition) is 6. The molecule has 0 saturated heterocycles. The Morgan fingerprint density at radius 1 is 0.929 bits per heavy atom. The van der Waals surface area contributed by atoms with E-state index in [0.29, 0.717) is 17.1 Å². The number of methoxy groups -OCH3 is 1. The van der Waals surface area contributed by atoms with Gasteiger partial charge in [-0.1, -0.05) is 18.2 Å². The predicted molar refractivity (Wildman–Crippen MR) is 107 cm³/mol. The van der Waals surface area contributed by atoms with Gasteiger partial charge in [-0.2, -0.15) is 0 Å². The summed E-state index contributed by atoms with van der Waals surface area (Å²) in [6.07, 6.45) is 0. The third-order valence-corrected chi connectivity index (χ3v) is 5.26. The highest BCUT2D eigenvalue weighted by molar-refractivity contribution is 7.92. The standard InChI is InChI=1S/C19H17N3O5S/c1-27-16-8-10-17(11-9-16)28(25,26)21-19-13-15(22(23)24)7-12-18(19)20-14-5-3-2-4-6-14/h2-13,20-21H,1H3. The maximum absolute atomic E-state index is 12.7. The normalized spacial score (nSPS) is 10.9. The second kappa shape index (κ2) is 7.97. The largest absolute Gasteiger partial charge is 0.497 e. The molecule has 9 heteroatoms. The van der Waals surface area contributed by atoms with E-state index in [4.69, 9.17) is 4.74 Å². The Balaban J connectivity index is 1.97. The van der Waals surface area contributed by atoms with Crippen LogP contribution >= 0.6 is 0 Å². The van der Waals surface area contributed by atoms with Gasteiger partial charge in [0.1, 0.15) is 5.75 Å². The summed E-state index contributed by atoms with van der Waals surface area (Å²) in [5.74, 6) is 0.515. The maximum Gasteiger partial charge on any atom is 0.271 e. The van der Waals surface area contributed by atoms with Crippen molar-refractivity contribution in [2.45, 2.75) is 4.90 Å². The zero-order valence-corrected chi connectivity index (χ0v) is 15.6. The number of nitrogens with zero attached hydrogens (tertiary/aromatic N) is 1. The van der Waals surface area contributed by atoms with Crippen LogP contribution in [0.1, 0.15) is 0 Å². The summed E-state index contributed by atoms with van der Waals surface area (Å²) in [6, 6.07) is 18.8. The minimum absolute atomic E-state index is 0.00506. The van der Waals surface area contributed by atoms with E-state index in [1.165, 1.54) is 49.6 Å². The lowest BCUT2D eigenvalue weighted by atomic mass is 10.2. The number of nitro groups is 1. The first-order valence-corrected chi connectivity index (χ1v) is 9.65. The zero-order chi connectivity index (χ0) is 20.1. The molecule has 0 heterocycles. The van der Waals surface area contributed by atoms with Gasteiger partial charge in [0.15, 0.2) is 0 Å². The second-order valence-corrected chi connectivity index (χ2v) is 7.44. The van der Waals surface area contributed by atoms with Crippen molar-refractivity contribution < 1.29 is 18.1 Å². The molecule has 0 aliphatic carbocycles. The van der Waals surface area contributed by atoms with Gasteiger partial charge in [0.05, 0.1) is 28.3 Å². The molecule has 144 valence electrons. The Hall–Kier alpha value is -3.59. The number of para-hydroxylation sites is 1. The topological polar surface area (TPSA) is 111 Å². The Morgan fingerprint density at radius 2 is 1.61 bits per heavy atom. The van der Waals surface area contributed by atoms with Crippen LogP contribution in [-0.2, 0) is 10.0 Å². The average molecular weight is 399 g/mol. The minimum atomic E-state index is -3.96. The Bertz CT molecular complexity index is 1080. The Morgan fingerprint density at radius 3 is 2.21 bits per heavy atom. The van der Waals surface area contributed by atoms with E-state index in [2.05, 4.69) is 10.0 Å². The molecule has 3 rings (SSSR count). The summed E-state index contributed by atoms with van der Waals surface area (Å²) in [6.45, 7) is 0. The predicted octanol–water partition coefficient (Wildman–Crippen LogP) is 4.15. The summed E-state index contributed by atoms with van der Waals surface area (Å²) in [5, 5.41) is 14.2. The van der Waals surface area contributed by atoms with Crippen LogP contribution in [0.3, 0.4) is 0 Å². The molecule has 0 spiro atoms. The van der Waals surface area contributed by atoms with Crippen LogP contribution in [0.15, 0.2) is 77.7 Å². The summed E-state index contributed by atoms with van der Waals surface area (Å²) in [4.78, 5) is 10.5. The maximum atomic E-state index is 12.7. The number of non-ortho nitro benzene ring substituents is 1. The van der Waals surface area contributed by atoms with Crippen LogP contribution in [0.2, 0.25) is 0 Å². The van der Waals surface area contributed by atoms with Crippen LogP contribution in [0, 0.1) is 10.1 Å². The molecule has 28 heavy (non-hydrogen) atoms. The molecule has 0 aliphatic rings. The van der Waals surface area contributed by atoms with Crippen molar-refractivity contribution in [3.05, 3.63) is 82.9 Å². The quantitative estimate of drug-likeness (QED) is 0.456. The van der Waals surface area contributed by atoms with Gasteiger partial charge in [0.25, 0.3) is 15.7 Å². The molecule has 0 aliphatic heterocycles. The Kier molecular flexibility index (Phi) is 5.46. The fourth-order valence-corrected chi connectivity index (χ4v) is 3.55. The molecule has 0 amide bonds. The number of sulfonamides is 1. The first kappa shape index (κ1) is 19.2. The summed E-state index contributed by atoms with van der Waals surface area (Å²) in [7, 11) is -2.49. The first-order chi connectivity index (χ1) is 13.4. The van der Waals surface area contributed by atoms with Crippen LogP contribution in [-0.4, -0.2) is 20.5 Å². The van der Waals surface area contributed by atoms with Crippen LogP contribution in [0.4, 0.5) is 22.7 Å². The molecule has 0 atom stereocenters. The van der Waals surface area contributed by atoms with Crippen molar-refractivity contribution in [2.75, 3.05) is 17.1 Å². The monoisotopic (exact) mass is 399 g/mol. The van der Waals surface area contributed by atoms with Gasteiger partial charge in [0, 0.05) is 17.8 Å². The molecular formula is C19H17N3O5S. The van der Waals surface area contributed by atoms with Crippen molar-refractivity contribution in [1.29, 1.82) is 0 Å². The molecule has 3 aromatic rings. The van der Waals surface area contributed by atoms with Gasteiger partial charge in [-0.25, -0.2) is 8.42 Å². The molecule has 0 bridgehead atoms. The van der Waals surface area contributed by atoms with Gasteiger partial charge < -0.3 is 10.1 Å². The fraction of sp³-hybridized carbons (Fsp3) is 0.0526. The van der Waals surface area contributed by atoms with Crippen molar-refractivity contribution in [2.24, 2.45) is 0 Å². The highest BCUT2D eigenvalue weighted by Crippen LogP contribution is 2.31. The fourth-order valence-electron chi connectivity index (χ4n) is 2.47. The number of nitro benzene ring substituents is 1. The van der Waals surface area contributed by atoms with E-state index in [0.717, 1.165) is 0 Å². The first-order valence-electron chi connectivity index (χ1n) is 8.16. The smallest absolute Gasteiger partial charge is 0.271 e. The molecule has 0 fully saturated rings. The van der Waals surface area contributed by atoms with Crippen LogP contribution in [0.25, 0.3) is 0 Å². The zero-order valence-electron chi connectivity index (χ0n) is 14.8. The van der Waals surface area contributed by atoms with E-state index in [1.807, 2.05) is 18.2 Å². The summed E-state index contributed by atoms with van der Waals surface area (Å²) < 4.78 is 32.9. The summed E-state index contributed by atoms with van der Waals surface area (Å²) in [5.41, 5.74) is 0.926. The number of benzene rings is 3. The molecule has 2 N–H and O–H groups in total. The highest BCUT2D eigenvalue weighted by Gasteiger charge is 2.19. The second-order valence-electron chi connectivity index (χ2n) is 5.76. The van der Waals surface area contributed by atoms with Gasteiger partial charge in [-0.3, -0.25) is 14.8 Å². The molecule has 0 unspecified atom stereocenters. The molecule has 0 radical (unpaired) electrons. The summed E-state index contributed by atoms with van der Waals surface area (Å²) >= 11 is 0. The van der Waals surface area contributed by atoms with E-state index >= 15 is 0 Å². The van der Waals surface area contributed by atoms with Crippen molar-refractivity contribution in [1.82, 2.24) is 0 Å². The number of anilines is 3. The molecular weight excluding hydrogens is 382 g/mol. The number of nitrogens with one attached hydrogen (secondary N) is 2. The number of ether oxygens (including phenoxy) is 1. The highest BCUT2D eigenvalue weighted by atomic mass is 32.2. The minimum Gasteiger partial charge on any atom is -0.497 e. The Labute approximate surface area is 162 Å². The van der Waals surface area contributed by atoms with Gasteiger partial charge >= 0.3 is 0 Å². The van der Waals surface area contributed by atoms with Gasteiger partial charge in [-0.05, 0) is 42.5 Å². The van der Waals surface area contributed by atoms with Crippen molar-refractivity contribution in [3.8, 4) is 5.75 Å². The van der Waals surface area contributed by atoms with Crippen LogP contribution < -0.4 is 14.8 Å². The third kappa shape index (κ3) is 4.38. The SMILES string of the molecule is COc1ccc(S(=O)(=O)Nc2cc([N+](=O)[O-])ccc2Nc2ccccc2)cc1. The molecule has 3 aromatic carbocycles. The lowest BCUT2D eigenvalue weighted by Gasteiger charge is -2.14. The van der Waals surface area contributed by atoms with Crippen molar-refractivity contribution in [3.63, 3.8) is 0 Å². The third-order valence-electron chi connectivity index (χ3n) is 3.88. The molecule has 0 aromatic heterocycles. The molecule has 8 nitrogen and oxygen atoms in total. The van der Waals surface area contributed by atoms with E-state index in [-0.39, 0.29) is 16.3 Å². The van der Waals surface area contributed by atoms with E-state index < -0.39 is 14.9 Å². The van der Waals surface area contributed by atoms with Crippen LogP contribution in [0.5, 0.6) is 5.75 Å². The average Bonchev–Trinajstić information content (AvgIpc) is 2.70. The lowest BCUT2D eigenvalue weighted by molar-refractivity contribution is -0.384. The lowest BCUT2D eigenvalue weighted by Crippen LogP contribution is -2.14. The van der Waals surface area contributed by atoms with E-state index in [1.54, 1.807) is 12.1 Å². The number of rotatable bonds is 7. The van der Waals surface area contributed by atoms with Crippen molar-refractivity contribution >= 4 is 32.8 Å². The number of hydrogen-bond donors (Lipinski definition) is 2. The van der Waals surface area contributed by atoms with Gasteiger partial charge in [-0.15, -0.1) is 0 Å². The van der Waals surface area contributed by atoms with E-state index in [9.17, 15) is 18.5 Å².